The van der Waals surface area contributed by atoms with Crippen LogP contribution in [0.2, 0.25) is 15.2 Å². The van der Waals surface area contributed by atoms with Gasteiger partial charge in [0, 0.05) is 5.69 Å². The summed E-state index contributed by atoms with van der Waals surface area (Å²) in [6.07, 6.45) is 0.913. The third-order valence-corrected chi connectivity index (χ3v) is 3.81. The highest BCUT2D eigenvalue weighted by atomic mass is 35.5. The second-order valence-corrected chi connectivity index (χ2v) is 5.15. The topological polar surface area (TPSA) is 30.7 Å². The van der Waals surface area contributed by atoms with Crippen LogP contribution in [0.25, 0.3) is 5.82 Å². The van der Waals surface area contributed by atoms with Crippen molar-refractivity contribution in [2.45, 2.75) is 27.2 Å². The zero-order valence-electron chi connectivity index (χ0n) is 10.3. The molecule has 96 valence electrons. The van der Waals surface area contributed by atoms with Crippen LogP contribution in [0.15, 0.2) is 6.07 Å². The fourth-order valence-electron chi connectivity index (χ4n) is 1.98. The van der Waals surface area contributed by atoms with Crippen molar-refractivity contribution in [1.82, 2.24) is 14.8 Å². The van der Waals surface area contributed by atoms with Gasteiger partial charge >= 0.3 is 0 Å². The summed E-state index contributed by atoms with van der Waals surface area (Å²) in [5, 5.41) is 5.44. The van der Waals surface area contributed by atoms with Crippen LogP contribution in [0.1, 0.15) is 23.9 Å². The maximum absolute atomic E-state index is 6.15. The molecule has 2 heterocycles. The summed E-state index contributed by atoms with van der Waals surface area (Å²) in [6, 6.07) is 1.58. The second kappa shape index (κ2) is 5.08. The van der Waals surface area contributed by atoms with Gasteiger partial charge in [0.2, 0.25) is 0 Å². The van der Waals surface area contributed by atoms with E-state index in [4.69, 9.17) is 34.8 Å². The van der Waals surface area contributed by atoms with Gasteiger partial charge in [0.15, 0.2) is 5.82 Å². The normalized spacial score (nSPS) is 11.0. The average molecular weight is 305 g/mol. The minimum absolute atomic E-state index is 0.224. The predicted molar refractivity (Wildman–Crippen MR) is 75.2 cm³/mol. The van der Waals surface area contributed by atoms with Crippen molar-refractivity contribution in [3.05, 3.63) is 38.2 Å². The molecule has 0 aliphatic carbocycles. The predicted octanol–water partition coefficient (Wildman–Crippen LogP) is 4.41. The summed E-state index contributed by atoms with van der Waals surface area (Å²) >= 11 is 17.9. The van der Waals surface area contributed by atoms with Crippen molar-refractivity contribution in [3.63, 3.8) is 0 Å². The van der Waals surface area contributed by atoms with Crippen LogP contribution in [0.4, 0.5) is 0 Å². The number of pyridine rings is 1. The molecule has 0 aliphatic heterocycles. The minimum Gasteiger partial charge on any atom is -0.218 e. The summed E-state index contributed by atoms with van der Waals surface area (Å²) in [7, 11) is 0. The smallest absolute Gasteiger partial charge is 0.174 e. The molecule has 2 aromatic rings. The van der Waals surface area contributed by atoms with Gasteiger partial charge in [0.1, 0.15) is 5.15 Å². The lowest BCUT2D eigenvalue weighted by Gasteiger charge is -2.07. The van der Waals surface area contributed by atoms with Gasteiger partial charge in [-0.15, -0.1) is 0 Å². The Balaban J connectivity index is 2.66. The number of hydrogen-bond donors (Lipinski definition) is 0. The van der Waals surface area contributed by atoms with Gasteiger partial charge < -0.3 is 0 Å². The van der Waals surface area contributed by atoms with Gasteiger partial charge in [0.05, 0.1) is 15.7 Å². The lowest BCUT2D eigenvalue weighted by Crippen LogP contribution is -2.03. The van der Waals surface area contributed by atoms with E-state index in [1.54, 1.807) is 10.7 Å². The Hall–Kier alpha value is -0.770. The summed E-state index contributed by atoms with van der Waals surface area (Å²) in [5.74, 6) is 0.506. The monoisotopic (exact) mass is 303 g/mol. The molecular weight excluding hydrogens is 293 g/mol. The maximum atomic E-state index is 6.15. The molecule has 0 saturated heterocycles. The molecule has 6 heteroatoms. The number of aromatic nitrogens is 3. The fourth-order valence-corrected chi connectivity index (χ4v) is 2.55. The Labute approximate surface area is 121 Å². The minimum atomic E-state index is 0.224. The van der Waals surface area contributed by atoms with Gasteiger partial charge in [-0.25, -0.2) is 9.67 Å². The fraction of sp³-hybridized carbons (Fsp3) is 0.333. The van der Waals surface area contributed by atoms with Crippen molar-refractivity contribution in [3.8, 4) is 5.82 Å². The maximum Gasteiger partial charge on any atom is 0.174 e. The van der Waals surface area contributed by atoms with E-state index >= 15 is 0 Å². The highest BCUT2D eigenvalue weighted by Gasteiger charge is 2.16. The van der Waals surface area contributed by atoms with Gasteiger partial charge in [-0.1, -0.05) is 41.7 Å². The third kappa shape index (κ3) is 2.22. The molecule has 0 aliphatic rings. The van der Waals surface area contributed by atoms with E-state index in [1.165, 1.54) is 5.56 Å². The second-order valence-electron chi connectivity index (χ2n) is 3.98. The highest BCUT2D eigenvalue weighted by Crippen LogP contribution is 2.29. The number of nitrogens with zero attached hydrogens (tertiary/aromatic N) is 3. The molecule has 0 spiro atoms. The SMILES string of the molecule is CCc1c(C)nn(-c2nc(Cl)c(Cl)cc2Cl)c1C. The number of halogens is 3. The lowest BCUT2D eigenvalue weighted by molar-refractivity contribution is 0.805. The standard InChI is InChI=1S/C12H12Cl3N3/c1-4-8-6(2)17-18(7(8)3)12-10(14)5-9(13)11(15)16-12/h5H,4H2,1-3H3. The highest BCUT2D eigenvalue weighted by molar-refractivity contribution is 6.42. The zero-order chi connectivity index (χ0) is 13.4. The van der Waals surface area contributed by atoms with Crippen molar-refractivity contribution < 1.29 is 0 Å². The van der Waals surface area contributed by atoms with Gasteiger partial charge in [-0.3, -0.25) is 0 Å². The molecule has 18 heavy (non-hydrogen) atoms. The van der Waals surface area contributed by atoms with Gasteiger partial charge in [0.25, 0.3) is 0 Å². The molecule has 0 N–H and O–H groups in total. The number of rotatable bonds is 2. The van der Waals surface area contributed by atoms with E-state index in [-0.39, 0.29) is 5.15 Å². The van der Waals surface area contributed by atoms with E-state index in [2.05, 4.69) is 17.0 Å². The van der Waals surface area contributed by atoms with Crippen LogP contribution in [-0.4, -0.2) is 14.8 Å². The zero-order valence-corrected chi connectivity index (χ0v) is 12.5. The molecule has 0 amide bonds. The first kappa shape index (κ1) is 13.7. The molecule has 2 aromatic heterocycles. The van der Waals surface area contributed by atoms with Crippen molar-refractivity contribution in [2.24, 2.45) is 0 Å². The Kier molecular flexibility index (Phi) is 3.85. The first-order valence-corrected chi connectivity index (χ1v) is 6.66. The molecule has 0 aromatic carbocycles. The lowest BCUT2D eigenvalue weighted by atomic mass is 10.1. The van der Waals surface area contributed by atoms with Crippen molar-refractivity contribution in [1.29, 1.82) is 0 Å². The molecule has 0 radical (unpaired) electrons. The summed E-state index contributed by atoms with van der Waals surface area (Å²) in [6.45, 7) is 6.04. The molecule has 2 rings (SSSR count). The van der Waals surface area contributed by atoms with Crippen LogP contribution in [0.3, 0.4) is 0 Å². The van der Waals surface area contributed by atoms with Crippen molar-refractivity contribution in [2.75, 3.05) is 0 Å². The summed E-state index contributed by atoms with van der Waals surface area (Å²) < 4.78 is 1.71. The van der Waals surface area contributed by atoms with Gasteiger partial charge in [-0.2, -0.15) is 5.10 Å². The van der Waals surface area contributed by atoms with Crippen LogP contribution in [0, 0.1) is 13.8 Å². The first-order valence-electron chi connectivity index (χ1n) is 5.52. The van der Waals surface area contributed by atoms with Crippen LogP contribution in [-0.2, 0) is 6.42 Å². The third-order valence-electron chi connectivity index (χ3n) is 2.86. The summed E-state index contributed by atoms with van der Waals surface area (Å²) in [5.41, 5.74) is 3.18. The van der Waals surface area contributed by atoms with Crippen LogP contribution < -0.4 is 0 Å². The molecule has 0 fully saturated rings. The van der Waals surface area contributed by atoms with E-state index in [0.29, 0.717) is 15.9 Å². The average Bonchev–Trinajstić information content (AvgIpc) is 2.59. The molecular formula is C12H12Cl3N3. The first-order chi connectivity index (χ1) is 8.45. The molecule has 0 saturated carbocycles. The van der Waals surface area contributed by atoms with Crippen LogP contribution in [0.5, 0.6) is 0 Å². The number of aryl methyl sites for hydroxylation is 1. The molecule has 3 nitrogen and oxygen atoms in total. The Morgan fingerprint density at radius 2 is 1.83 bits per heavy atom. The number of hydrogen-bond acceptors (Lipinski definition) is 2. The van der Waals surface area contributed by atoms with Gasteiger partial charge in [-0.05, 0) is 31.9 Å². The van der Waals surface area contributed by atoms with E-state index < -0.39 is 0 Å². The molecule has 0 atom stereocenters. The summed E-state index contributed by atoms with van der Waals surface area (Å²) in [4.78, 5) is 4.19. The quantitative estimate of drug-likeness (QED) is 0.770. The van der Waals surface area contributed by atoms with Crippen LogP contribution >= 0.6 is 34.8 Å². The van der Waals surface area contributed by atoms with E-state index in [9.17, 15) is 0 Å². The van der Waals surface area contributed by atoms with Crippen molar-refractivity contribution >= 4 is 34.8 Å². The molecule has 0 unspecified atom stereocenters. The molecule has 0 bridgehead atoms. The Morgan fingerprint density at radius 3 is 2.39 bits per heavy atom. The van der Waals surface area contributed by atoms with E-state index in [0.717, 1.165) is 17.8 Å². The van der Waals surface area contributed by atoms with E-state index in [1.807, 2.05) is 13.8 Å². The Bertz CT molecular complexity index is 605. The largest absolute Gasteiger partial charge is 0.218 e. The Morgan fingerprint density at radius 1 is 1.17 bits per heavy atom.